The maximum atomic E-state index is 12.6. The monoisotopic (exact) mass is 351 g/mol. The van der Waals surface area contributed by atoms with Crippen LogP contribution in [0.4, 0.5) is 5.69 Å². The fraction of sp³-hybridized carbons (Fsp3) is 0.333. The highest BCUT2D eigenvalue weighted by Gasteiger charge is 2.28. The molecule has 3 rings (SSSR count). The number of nitrogen functional groups attached to an aromatic ring is 1. The number of piperidine rings is 1. The Morgan fingerprint density at radius 1 is 1.08 bits per heavy atom. The van der Waals surface area contributed by atoms with Crippen LogP contribution in [-0.2, 0) is 11.2 Å². The number of hydrogen-bond acceptors (Lipinski definition) is 3. The van der Waals surface area contributed by atoms with Crippen LogP contribution in [0.1, 0.15) is 28.8 Å². The molecule has 2 aromatic rings. The third-order valence-electron chi connectivity index (χ3n) is 4.79. The molecule has 1 saturated heterocycles. The molecule has 1 fully saturated rings. The minimum absolute atomic E-state index is 0.00461. The molecule has 2 amide bonds. The van der Waals surface area contributed by atoms with E-state index in [1.165, 1.54) is 0 Å². The van der Waals surface area contributed by atoms with Gasteiger partial charge in [0.15, 0.2) is 0 Å². The topological polar surface area (TPSA) is 75.4 Å². The van der Waals surface area contributed by atoms with E-state index < -0.39 is 0 Å². The summed E-state index contributed by atoms with van der Waals surface area (Å²) in [6.45, 7) is 1.79. The molecule has 5 nitrogen and oxygen atoms in total. The van der Waals surface area contributed by atoms with Crippen molar-refractivity contribution in [3.05, 3.63) is 65.7 Å². The first kappa shape index (κ1) is 18.0. The first-order valence-corrected chi connectivity index (χ1v) is 9.10. The van der Waals surface area contributed by atoms with Crippen molar-refractivity contribution in [3.63, 3.8) is 0 Å². The molecule has 1 aliphatic rings. The van der Waals surface area contributed by atoms with Crippen molar-refractivity contribution in [2.75, 3.05) is 25.4 Å². The standard InChI is InChI=1S/C21H25N3O2/c22-19-10-8-16(9-11-19)12-13-23-20(25)18-7-4-14-24(15-18)21(26)17-5-2-1-3-6-17/h1-3,5-6,8-11,18H,4,7,12-15,22H2,(H,23,25). The Morgan fingerprint density at radius 2 is 1.81 bits per heavy atom. The van der Waals surface area contributed by atoms with Crippen LogP contribution < -0.4 is 11.1 Å². The van der Waals surface area contributed by atoms with Gasteiger partial charge in [0.1, 0.15) is 0 Å². The van der Waals surface area contributed by atoms with Gasteiger partial charge in [0, 0.05) is 30.9 Å². The van der Waals surface area contributed by atoms with E-state index in [-0.39, 0.29) is 17.7 Å². The molecule has 0 aliphatic carbocycles. The summed E-state index contributed by atoms with van der Waals surface area (Å²) in [6, 6.07) is 16.9. The number of hydrogen-bond donors (Lipinski definition) is 2. The molecule has 1 atom stereocenters. The number of benzene rings is 2. The van der Waals surface area contributed by atoms with Crippen LogP contribution in [0, 0.1) is 5.92 Å². The highest BCUT2D eigenvalue weighted by Crippen LogP contribution is 2.19. The van der Waals surface area contributed by atoms with Gasteiger partial charge in [0.2, 0.25) is 5.91 Å². The number of likely N-dealkylation sites (tertiary alicyclic amines) is 1. The Kier molecular flexibility index (Phi) is 5.89. The van der Waals surface area contributed by atoms with Crippen molar-refractivity contribution in [3.8, 4) is 0 Å². The molecule has 0 aromatic heterocycles. The highest BCUT2D eigenvalue weighted by atomic mass is 16.2. The maximum Gasteiger partial charge on any atom is 0.253 e. The largest absolute Gasteiger partial charge is 0.399 e. The number of carbonyl (C=O) groups excluding carboxylic acids is 2. The Balaban J connectivity index is 1.49. The molecule has 3 N–H and O–H groups in total. The third-order valence-corrected chi connectivity index (χ3v) is 4.79. The van der Waals surface area contributed by atoms with Crippen molar-refractivity contribution >= 4 is 17.5 Å². The molecule has 26 heavy (non-hydrogen) atoms. The van der Waals surface area contributed by atoms with Gasteiger partial charge in [-0.05, 0) is 49.1 Å². The van der Waals surface area contributed by atoms with E-state index in [1.54, 1.807) is 4.90 Å². The molecular weight excluding hydrogens is 326 g/mol. The second-order valence-electron chi connectivity index (χ2n) is 6.74. The summed E-state index contributed by atoms with van der Waals surface area (Å²) in [5.74, 6) is -0.0983. The second kappa shape index (κ2) is 8.52. The van der Waals surface area contributed by atoms with Crippen LogP contribution in [0.15, 0.2) is 54.6 Å². The van der Waals surface area contributed by atoms with E-state index in [0.29, 0.717) is 25.2 Å². The number of carbonyl (C=O) groups is 2. The molecule has 0 saturated carbocycles. The van der Waals surface area contributed by atoms with Crippen molar-refractivity contribution < 1.29 is 9.59 Å². The second-order valence-corrected chi connectivity index (χ2v) is 6.74. The van der Waals surface area contributed by atoms with Gasteiger partial charge in [-0.2, -0.15) is 0 Å². The first-order chi connectivity index (χ1) is 12.6. The first-order valence-electron chi connectivity index (χ1n) is 9.10. The third kappa shape index (κ3) is 4.63. The molecule has 1 heterocycles. The van der Waals surface area contributed by atoms with Gasteiger partial charge >= 0.3 is 0 Å². The smallest absolute Gasteiger partial charge is 0.253 e. The summed E-state index contributed by atoms with van der Waals surface area (Å²) in [5, 5.41) is 3.01. The number of nitrogens with zero attached hydrogens (tertiary/aromatic N) is 1. The van der Waals surface area contributed by atoms with Crippen LogP contribution in [0.3, 0.4) is 0 Å². The van der Waals surface area contributed by atoms with E-state index in [1.807, 2.05) is 54.6 Å². The van der Waals surface area contributed by atoms with Crippen molar-refractivity contribution in [2.24, 2.45) is 5.92 Å². The lowest BCUT2D eigenvalue weighted by atomic mass is 9.96. The van der Waals surface area contributed by atoms with E-state index in [4.69, 9.17) is 5.73 Å². The number of rotatable bonds is 5. The van der Waals surface area contributed by atoms with Gasteiger partial charge in [0.05, 0.1) is 5.92 Å². The number of amides is 2. The molecular formula is C21H25N3O2. The average molecular weight is 351 g/mol. The van der Waals surface area contributed by atoms with Gasteiger partial charge in [-0.1, -0.05) is 30.3 Å². The Bertz CT molecular complexity index is 744. The lowest BCUT2D eigenvalue weighted by Crippen LogP contribution is -2.45. The normalized spacial score (nSPS) is 16.9. The van der Waals surface area contributed by atoms with E-state index in [2.05, 4.69) is 5.32 Å². The van der Waals surface area contributed by atoms with Gasteiger partial charge < -0.3 is 16.0 Å². The summed E-state index contributed by atoms with van der Waals surface area (Å²) >= 11 is 0. The van der Waals surface area contributed by atoms with Gasteiger partial charge in [-0.25, -0.2) is 0 Å². The Hall–Kier alpha value is -2.82. The van der Waals surface area contributed by atoms with Crippen LogP contribution >= 0.6 is 0 Å². The summed E-state index contributed by atoms with van der Waals surface area (Å²) < 4.78 is 0. The molecule has 0 radical (unpaired) electrons. The summed E-state index contributed by atoms with van der Waals surface area (Å²) in [4.78, 5) is 26.9. The zero-order chi connectivity index (χ0) is 18.4. The van der Waals surface area contributed by atoms with E-state index in [9.17, 15) is 9.59 Å². The van der Waals surface area contributed by atoms with Crippen molar-refractivity contribution in [1.29, 1.82) is 0 Å². The predicted octanol–water partition coefficient (Wildman–Crippen LogP) is 2.48. The van der Waals surface area contributed by atoms with Gasteiger partial charge in [-0.15, -0.1) is 0 Å². The Labute approximate surface area is 154 Å². The van der Waals surface area contributed by atoms with Crippen molar-refractivity contribution in [2.45, 2.75) is 19.3 Å². The number of anilines is 1. The van der Waals surface area contributed by atoms with E-state index >= 15 is 0 Å². The molecule has 1 aliphatic heterocycles. The zero-order valence-electron chi connectivity index (χ0n) is 14.9. The molecule has 0 spiro atoms. The summed E-state index contributed by atoms with van der Waals surface area (Å²) in [7, 11) is 0. The minimum atomic E-state index is -0.136. The predicted molar refractivity (Wildman–Crippen MR) is 103 cm³/mol. The van der Waals surface area contributed by atoms with Crippen LogP contribution in [0.25, 0.3) is 0 Å². The molecule has 5 heteroatoms. The average Bonchev–Trinajstić information content (AvgIpc) is 2.69. The Morgan fingerprint density at radius 3 is 2.54 bits per heavy atom. The summed E-state index contributed by atoms with van der Waals surface area (Å²) in [5.41, 5.74) is 8.24. The van der Waals surface area contributed by atoms with Gasteiger partial charge in [0.25, 0.3) is 5.91 Å². The maximum absolute atomic E-state index is 12.6. The fourth-order valence-electron chi connectivity index (χ4n) is 3.30. The van der Waals surface area contributed by atoms with Crippen LogP contribution in [0.2, 0.25) is 0 Å². The van der Waals surface area contributed by atoms with E-state index in [0.717, 1.165) is 30.5 Å². The minimum Gasteiger partial charge on any atom is -0.399 e. The molecule has 136 valence electrons. The molecule has 2 aromatic carbocycles. The molecule has 0 bridgehead atoms. The SMILES string of the molecule is Nc1ccc(CCNC(=O)C2CCCN(C(=O)c3ccccc3)C2)cc1. The lowest BCUT2D eigenvalue weighted by molar-refractivity contribution is -0.126. The quantitative estimate of drug-likeness (QED) is 0.813. The number of nitrogens with two attached hydrogens (primary N) is 1. The van der Waals surface area contributed by atoms with Crippen LogP contribution in [-0.4, -0.2) is 36.3 Å². The lowest BCUT2D eigenvalue weighted by Gasteiger charge is -2.32. The highest BCUT2D eigenvalue weighted by molar-refractivity contribution is 5.94. The van der Waals surface area contributed by atoms with Crippen LogP contribution in [0.5, 0.6) is 0 Å². The summed E-state index contributed by atoms with van der Waals surface area (Å²) in [6.07, 6.45) is 2.45. The molecule has 1 unspecified atom stereocenters. The van der Waals surface area contributed by atoms with Crippen molar-refractivity contribution in [1.82, 2.24) is 10.2 Å². The van der Waals surface area contributed by atoms with Gasteiger partial charge in [-0.3, -0.25) is 9.59 Å². The zero-order valence-corrected chi connectivity index (χ0v) is 14.9. The fourth-order valence-corrected chi connectivity index (χ4v) is 3.30. The number of nitrogens with one attached hydrogen (secondary N) is 1.